The fourth-order valence-electron chi connectivity index (χ4n) is 4.77. The Hall–Kier alpha value is -1.93. The van der Waals surface area contributed by atoms with E-state index >= 15 is 0 Å². The molecule has 2 heterocycles. The summed E-state index contributed by atoms with van der Waals surface area (Å²) in [7, 11) is -3.58. The van der Waals surface area contributed by atoms with Gasteiger partial charge < -0.3 is 14.6 Å². The fraction of sp³-hybridized carbons (Fsp3) is 0.385. The van der Waals surface area contributed by atoms with E-state index in [1.165, 1.54) is 17.2 Å². The highest BCUT2D eigenvalue weighted by atomic mass is 79.9. The number of aliphatic hydroxyl groups excluding tert-OH is 1. The number of aliphatic hydroxyl groups is 1. The van der Waals surface area contributed by atoms with E-state index in [1.54, 1.807) is 6.08 Å². The molecule has 5 unspecified atom stereocenters. The molecule has 2 aliphatic rings. The van der Waals surface area contributed by atoms with Crippen LogP contribution in [0.4, 0.5) is 0 Å². The minimum atomic E-state index is -3.58. The highest BCUT2D eigenvalue weighted by molar-refractivity contribution is 9.10. The quantitative estimate of drug-likeness (QED) is 0.542. The lowest BCUT2D eigenvalue weighted by Crippen LogP contribution is -2.49. The molecule has 0 spiro atoms. The van der Waals surface area contributed by atoms with E-state index in [9.17, 15) is 13.5 Å². The molecule has 1 fully saturated rings. The van der Waals surface area contributed by atoms with Gasteiger partial charge in [0.2, 0.25) is 0 Å². The molecule has 2 aliphatic heterocycles. The molecule has 0 saturated carbocycles. The summed E-state index contributed by atoms with van der Waals surface area (Å²) in [4.78, 5) is 0. The van der Waals surface area contributed by atoms with Gasteiger partial charge in [-0.15, -0.1) is 13.2 Å². The van der Waals surface area contributed by atoms with E-state index in [0.717, 1.165) is 47.1 Å². The van der Waals surface area contributed by atoms with Crippen LogP contribution in [0.1, 0.15) is 34.8 Å². The first-order valence-corrected chi connectivity index (χ1v) is 13.8. The predicted octanol–water partition coefficient (Wildman–Crippen LogP) is 4.77. The summed E-state index contributed by atoms with van der Waals surface area (Å²) in [5.41, 5.74) is 3.08. The van der Waals surface area contributed by atoms with Crippen molar-refractivity contribution in [3.63, 3.8) is 0 Å². The van der Waals surface area contributed by atoms with Gasteiger partial charge in [0.15, 0.2) is 15.3 Å². The fourth-order valence-corrected chi connectivity index (χ4v) is 6.33. The molecule has 0 bridgehead atoms. The predicted molar refractivity (Wildman–Crippen MR) is 133 cm³/mol. The number of hydrogen-bond donors (Lipinski definition) is 1. The van der Waals surface area contributed by atoms with E-state index < -0.39 is 39.3 Å². The Bertz CT molecular complexity index is 1160. The second-order valence-corrected chi connectivity index (χ2v) is 11.8. The normalized spacial score (nSPS) is 27.3. The Kier molecular flexibility index (Phi) is 7.15. The largest absolute Gasteiger partial charge is 0.493 e. The van der Waals surface area contributed by atoms with Gasteiger partial charge in [-0.05, 0) is 53.6 Å². The van der Waals surface area contributed by atoms with Crippen molar-refractivity contribution in [3.8, 4) is 5.75 Å². The summed E-state index contributed by atoms with van der Waals surface area (Å²) in [5, 5.41) is 11.0. The smallest absolute Gasteiger partial charge is 0.174 e. The van der Waals surface area contributed by atoms with Crippen LogP contribution in [0.3, 0.4) is 0 Å². The van der Waals surface area contributed by atoms with Crippen molar-refractivity contribution in [1.82, 2.24) is 0 Å². The van der Waals surface area contributed by atoms with Gasteiger partial charge in [0, 0.05) is 22.6 Å². The Morgan fingerprint density at radius 1 is 1.15 bits per heavy atom. The number of rotatable bonds is 6. The van der Waals surface area contributed by atoms with Crippen LogP contribution in [-0.4, -0.2) is 37.9 Å². The third-order valence-electron chi connectivity index (χ3n) is 6.47. The number of aryl methyl sites for hydroxylation is 1. The lowest BCUT2D eigenvalue weighted by atomic mass is 9.81. The first-order chi connectivity index (χ1) is 15.7. The molecule has 0 aromatic heterocycles. The molecule has 2 aromatic carbocycles. The highest BCUT2D eigenvalue weighted by Crippen LogP contribution is 2.43. The first kappa shape index (κ1) is 24.2. The number of fused-ring (bicyclic) bond motifs is 1. The average molecular weight is 533 g/mol. The van der Waals surface area contributed by atoms with E-state index in [4.69, 9.17) is 9.47 Å². The molecule has 33 heavy (non-hydrogen) atoms. The second kappa shape index (κ2) is 9.74. The zero-order valence-corrected chi connectivity index (χ0v) is 21.0. The van der Waals surface area contributed by atoms with Crippen LogP contribution < -0.4 is 4.74 Å². The van der Waals surface area contributed by atoms with Crippen LogP contribution in [0.5, 0.6) is 5.75 Å². The van der Waals surface area contributed by atoms with Gasteiger partial charge in [-0.25, -0.2) is 8.42 Å². The van der Waals surface area contributed by atoms with Crippen molar-refractivity contribution in [3.05, 3.63) is 88.4 Å². The molecule has 0 radical (unpaired) electrons. The summed E-state index contributed by atoms with van der Waals surface area (Å²) >= 11 is 3.65. The Labute approximate surface area is 204 Å². The van der Waals surface area contributed by atoms with Gasteiger partial charge >= 0.3 is 0 Å². The maximum atomic E-state index is 12.4. The molecule has 7 heteroatoms. The van der Waals surface area contributed by atoms with Gasteiger partial charge in [-0.1, -0.05) is 52.3 Å². The third-order valence-corrected chi connectivity index (χ3v) is 8.51. The third kappa shape index (κ3) is 4.97. The molecule has 5 nitrogen and oxygen atoms in total. The summed E-state index contributed by atoms with van der Waals surface area (Å²) < 4.78 is 37.6. The van der Waals surface area contributed by atoms with E-state index in [1.807, 2.05) is 24.3 Å². The monoisotopic (exact) mass is 532 g/mol. The number of sulfone groups is 1. The molecule has 0 amide bonds. The molecule has 1 saturated heterocycles. The van der Waals surface area contributed by atoms with Crippen LogP contribution in [0.15, 0.2) is 66.2 Å². The molecule has 176 valence electrons. The van der Waals surface area contributed by atoms with Gasteiger partial charge in [-0.3, -0.25) is 0 Å². The van der Waals surface area contributed by atoms with Crippen molar-refractivity contribution in [1.29, 1.82) is 0 Å². The molecule has 4 rings (SSSR count). The summed E-state index contributed by atoms with van der Waals surface area (Å²) in [6.45, 7) is 8.35. The maximum absolute atomic E-state index is 12.4. The van der Waals surface area contributed by atoms with Gasteiger partial charge in [-0.2, -0.15) is 0 Å². The summed E-state index contributed by atoms with van der Waals surface area (Å²) in [6, 6.07) is 12.1. The van der Waals surface area contributed by atoms with Crippen LogP contribution in [0, 0.1) is 11.8 Å². The summed E-state index contributed by atoms with van der Waals surface area (Å²) in [6.07, 6.45) is 5.33. The number of halogens is 1. The molecule has 1 N–H and O–H groups in total. The molecule has 2 aromatic rings. The van der Waals surface area contributed by atoms with E-state index in [0.29, 0.717) is 6.42 Å². The average Bonchev–Trinajstić information content (AvgIpc) is 2.79. The van der Waals surface area contributed by atoms with Crippen LogP contribution in [-0.2, 0) is 27.4 Å². The molecular formula is C26H29BrO5S. The molecule has 0 aliphatic carbocycles. The van der Waals surface area contributed by atoms with Gasteiger partial charge in [0.25, 0.3) is 0 Å². The zero-order valence-electron chi connectivity index (χ0n) is 18.6. The van der Waals surface area contributed by atoms with Crippen molar-refractivity contribution in [2.45, 2.75) is 36.9 Å². The topological polar surface area (TPSA) is 72.8 Å². The van der Waals surface area contributed by atoms with Crippen LogP contribution in [0.25, 0.3) is 0 Å². The number of ether oxygens (including phenoxy) is 2. The lowest BCUT2D eigenvalue weighted by molar-refractivity contribution is -0.119. The van der Waals surface area contributed by atoms with E-state index in [-0.39, 0.29) is 0 Å². The van der Waals surface area contributed by atoms with Crippen molar-refractivity contribution < 1.29 is 23.0 Å². The standard InChI is InChI=1S/C26H29BrO5S/c1-4-20-24(28)21(5-2)26(33(3,29)30)32-25(20)18-9-10-22(27)19(15-18)14-16-8-11-23-17(13-16)7-6-12-31-23/h4-5,8-11,13,15,20-21,24-26,28H,1-2,6-7,12,14H2,3H3. The van der Waals surface area contributed by atoms with E-state index in [2.05, 4.69) is 41.2 Å². The molecular weight excluding hydrogens is 504 g/mol. The Morgan fingerprint density at radius 3 is 2.61 bits per heavy atom. The zero-order chi connectivity index (χ0) is 23.8. The van der Waals surface area contributed by atoms with Crippen molar-refractivity contribution in [2.75, 3.05) is 12.9 Å². The van der Waals surface area contributed by atoms with Crippen molar-refractivity contribution in [2.24, 2.45) is 11.8 Å². The van der Waals surface area contributed by atoms with Gasteiger partial charge in [0.1, 0.15) is 5.75 Å². The van der Waals surface area contributed by atoms with Crippen molar-refractivity contribution >= 4 is 25.8 Å². The first-order valence-electron chi connectivity index (χ1n) is 11.0. The minimum Gasteiger partial charge on any atom is -0.493 e. The Morgan fingerprint density at radius 2 is 1.91 bits per heavy atom. The number of hydrogen-bond acceptors (Lipinski definition) is 5. The van der Waals surface area contributed by atoms with Crippen LogP contribution >= 0.6 is 15.9 Å². The highest BCUT2D eigenvalue weighted by Gasteiger charge is 2.47. The lowest BCUT2D eigenvalue weighted by Gasteiger charge is -2.42. The number of benzene rings is 2. The second-order valence-electron chi connectivity index (χ2n) is 8.79. The maximum Gasteiger partial charge on any atom is 0.174 e. The summed E-state index contributed by atoms with van der Waals surface area (Å²) in [5.74, 6) is -0.243. The minimum absolute atomic E-state index is 0.471. The molecule has 5 atom stereocenters. The Balaban J connectivity index is 1.67. The van der Waals surface area contributed by atoms with Gasteiger partial charge in [0.05, 0.1) is 18.8 Å². The van der Waals surface area contributed by atoms with Crippen LogP contribution in [0.2, 0.25) is 0 Å². The SMILES string of the molecule is C=CC1C(c2ccc(Br)c(Cc3ccc4c(c3)CCCO4)c2)OC(S(C)(=O)=O)C(C=C)C1O.